The number of aryl methyl sites for hydroxylation is 2. The lowest BCUT2D eigenvalue weighted by Crippen LogP contribution is -2.26. The second-order valence-corrected chi connectivity index (χ2v) is 9.21. The standard InChI is InChI=1S/C26H26F2N4O2/c1-16-25(17(2)34-30-16)19-4-6-21-22(20-5-7-24(29-13-20)31(3)33)15-32(23(21)12-19)14-18-8-10-26(27,28)11-9-18/h4-7,12-13,15,18H,3,8-11,14H2,1-2H3. The second kappa shape index (κ2) is 8.34. The van der Waals surface area contributed by atoms with Crippen molar-refractivity contribution in [2.75, 3.05) is 0 Å². The first-order valence-corrected chi connectivity index (χ1v) is 11.4. The fourth-order valence-electron chi connectivity index (χ4n) is 4.98. The van der Waals surface area contributed by atoms with Gasteiger partial charge in [-0.25, -0.2) is 13.5 Å². The van der Waals surface area contributed by atoms with Crippen molar-refractivity contribution < 1.29 is 18.0 Å². The summed E-state index contributed by atoms with van der Waals surface area (Å²) in [5.41, 5.74) is 5.64. The maximum Gasteiger partial charge on any atom is 0.325 e. The van der Waals surface area contributed by atoms with Gasteiger partial charge in [0.05, 0.1) is 12.4 Å². The van der Waals surface area contributed by atoms with E-state index in [1.165, 1.54) is 0 Å². The lowest BCUT2D eigenvalue weighted by Gasteiger charge is -2.28. The summed E-state index contributed by atoms with van der Waals surface area (Å²) < 4.78 is 35.4. The predicted molar refractivity (Wildman–Crippen MR) is 127 cm³/mol. The molecule has 1 fully saturated rings. The molecule has 34 heavy (non-hydrogen) atoms. The van der Waals surface area contributed by atoms with Crippen LogP contribution in [0.15, 0.2) is 47.2 Å². The molecule has 0 spiro atoms. The molecular weight excluding hydrogens is 438 g/mol. The molecule has 3 heterocycles. The Bertz CT molecular complexity index is 1340. The number of hydrogen-bond donors (Lipinski definition) is 0. The Balaban J connectivity index is 1.59. The van der Waals surface area contributed by atoms with Crippen LogP contribution in [0.25, 0.3) is 33.2 Å². The molecule has 1 aliphatic rings. The van der Waals surface area contributed by atoms with Crippen molar-refractivity contribution in [2.45, 2.75) is 52.0 Å². The molecule has 0 bridgehead atoms. The number of aromatic nitrogens is 3. The van der Waals surface area contributed by atoms with Gasteiger partial charge < -0.3 is 14.3 Å². The number of pyridine rings is 1. The fraction of sp³-hybridized carbons (Fsp3) is 0.346. The van der Waals surface area contributed by atoms with Crippen molar-refractivity contribution in [3.05, 3.63) is 59.4 Å². The number of rotatable bonds is 5. The molecule has 0 saturated heterocycles. The van der Waals surface area contributed by atoms with Gasteiger partial charge in [0.1, 0.15) is 12.0 Å². The van der Waals surface area contributed by atoms with E-state index in [9.17, 15) is 14.0 Å². The van der Waals surface area contributed by atoms with Crippen molar-refractivity contribution in [3.63, 3.8) is 0 Å². The summed E-state index contributed by atoms with van der Waals surface area (Å²) >= 11 is 0. The van der Waals surface area contributed by atoms with E-state index in [2.05, 4.69) is 39.8 Å². The predicted octanol–water partition coefficient (Wildman–Crippen LogP) is 6.64. The molecule has 0 N–H and O–H groups in total. The fourth-order valence-corrected chi connectivity index (χ4v) is 4.98. The molecule has 0 aliphatic heterocycles. The van der Waals surface area contributed by atoms with E-state index in [1.807, 2.05) is 26.0 Å². The van der Waals surface area contributed by atoms with Gasteiger partial charge in [-0.05, 0) is 55.3 Å². The van der Waals surface area contributed by atoms with Crippen molar-refractivity contribution in [1.29, 1.82) is 0 Å². The first kappa shape index (κ1) is 22.3. The van der Waals surface area contributed by atoms with Gasteiger partial charge in [0.2, 0.25) is 5.92 Å². The zero-order valence-electron chi connectivity index (χ0n) is 19.2. The Labute approximate surface area is 196 Å². The highest BCUT2D eigenvalue weighted by Crippen LogP contribution is 2.39. The van der Waals surface area contributed by atoms with Gasteiger partial charge in [-0.3, -0.25) is 0 Å². The lowest BCUT2D eigenvalue weighted by atomic mass is 9.87. The first-order valence-electron chi connectivity index (χ1n) is 11.4. The van der Waals surface area contributed by atoms with Gasteiger partial charge in [-0.1, -0.05) is 17.3 Å². The smallest absolute Gasteiger partial charge is 0.325 e. The van der Waals surface area contributed by atoms with Gasteiger partial charge in [0, 0.05) is 59.2 Å². The van der Waals surface area contributed by atoms with Crippen LogP contribution < -0.4 is 0 Å². The van der Waals surface area contributed by atoms with Crippen molar-refractivity contribution >= 4 is 23.4 Å². The van der Waals surface area contributed by atoms with Crippen LogP contribution in [0.3, 0.4) is 0 Å². The summed E-state index contributed by atoms with van der Waals surface area (Å²) in [4.78, 5) is 4.22. The van der Waals surface area contributed by atoms with Crippen LogP contribution in [-0.2, 0) is 6.54 Å². The molecule has 1 aliphatic carbocycles. The Morgan fingerprint density at radius 1 is 1.18 bits per heavy atom. The van der Waals surface area contributed by atoms with E-state index < -0.39 is 5.92 Å². The molecule has 3 aromatic heterocycles. The van der Waals surface area contributed by atoms with Gasteiger partial charge in [0.25, 0.3) is 0 Å². The molecule has 1 aromatic carbocycles. The monoisotopic (exact) mass is 464 g/mol. The Hall–Kier alpha value is -3.55. The zero-order valence-corrected chi connectivity index (χ0v) is 19.2. The molecule has 5 rings (SSSR count). The number of fused-ring (bicyclic) bond motifs is 1. The van der Waals surface area contributed by atoms with Gasteiger partial charge in [-0.15, -0.1) is 0 Å². The van der Waals surface area contributed by atoms with E-state index in [0.717, 1.165) is 44.6 Å². The quantitative estimate of drug-likeness (QED) is 0.144. The first-order chi connectivity index (χ1) is 16.2. The van der Waals surface area contributed by atoms with E-state index in [1.54, 1.807) is 12.3 Å². The average molecular weight is 465 g/mol. The molecule has 0 unspecified atom stereocenters. The highest BCUT2D eigenvalue weighted by Gasteiger charge is 2.35. The summed E-state index contributed by atoms with van der Waals surface area (Å²) in [6.07, 6.45) is 4.61. The third-order valence-corrected chi connectivity index (χ3v) is 6.81. The third-order valence-electron chi connectivity index (χ3n) is 6.81. The SMILES string of the molecule is C=[N+]([O-])c1ccc(-c2cn(CC3CCC(F)(F)CC3)c3cc(-c4c(C)noc4C)ccc23)cn1. The molecule has 0 radical (unpaired) electrons. The van der Waals surface area contributed by atoms with E-state index in [4.69, 9.17) is 4.52 Å². The molecule has 6 nitrogen and oxygen atoms in total. The minimum absolute atomic E-state index is 0.0593. The largest absolute Gasteiger partial charge is 0.711 e. The summed E-state index contributed by atoms with van der Waals surface area (Å²) in [6.45, 7) is 7.80. The minimum atomic E-state index is -2.55. The number of nitrogens with zero attached hydrogens (tertiary/aromatic N) is 4. The van der Waals surface area contributed by atoms with Crippen LogP contribution in [0.2, 0.25) is 0 Å². The number of benzene rings is 1. The number of alkyl halides is 2. The summed E-state index contributed by atoms with van der Waals surface area (Å²) in [5.74, 6) is -1.38. The van der Waals surface area contributed by atoms with Crippen LogP contribution in [0.4, 0.5) is 14.6 Å². The zero-order chi connectivity index (χ0) is 24.0. The van der Waals surface area contributed by atoms with Crippen molar-refractivity contribution in [1.82, 2.24) is 14.7 Å². The van der Waals surface area contributed by atoms with Crippen LogP contribution in [-0.4, -0.2) is 32.1 Å². The van der Waals surface area contributed by atoms with Crippen LogP contribution in [0.5, 0.6) is 0 Å². The topological polar surface area (TPSA) is 69.9 Å². The van der Waals surface area contributed by atoms with Crippen molar-refractivity contribution in [3.8, 4) is 22.3 Å². The molecule has 8 heteroatoms. The number of hydrogen-bond acceptors (Lipinski definition) is 4. The molecule has 4 aromatic rings. The highest BCUT2D eigenvalue weighted by molar-refractivity contribution is 5.98. The maximum absolute atomic E-state index is 13.7. The van der Waals surface area contributed by atoms with Gasteiger partial charge in [0.15, 0.2) is 0 Å². The van der Waals surface area contributed by atoms with E-state index in [-0.39, 0.29) is 24.6 Å². The molecule has 1 saturated carbocycles. The Morgan fingerprint density at radius 3 is 2.53 bits per heavy atom. The van der Waals surface area contributed by atoms with Crippen LogP contribution in [0, 0.1) is 25.0 Å². The second-order valence-electron chi connectivity index (χ2n) is 9.21. The lowest BCUT2D eigenvalue weighted by molar-refractivity contribution is -0.354. The van der Waals surface area contributed by atoms with E-state index in [0.29, 0.717) is 24.1 Å². The Morgan fingerprint density at radius 2 is 1.91 bits per heavy atom. The highest BCUT2D eigenvalue weighted by atomic mass is 19.3. The normalized spacial score (nSPS) is 16.2. The van der Waals surface area contributed by atoms with Gasteiger partial charge >= 0.3 is 5.82 Å². The molecule has 0 atom stereocenters. The van der Waals surface area contributed by atoms with Gasteiger partial charge in [-0.2, -0.15) is 0 Å². The maximum atomic E-state index is 13.7. The van der Waals surface area contributed by atoms with E-state index >= 15 is 0 Å². The number of halogens is 2. The molecular formula is C26H26F2N4O2. The van der Waals surface area contributed by atoms with Crippen LogP contribution >= 0.6 is 0 Å². The van der Waals surface area contributed by atoms with Crippen LogP contribution in [0.1, 0.15) is 37.1 Å². The summed E-state index contributed by atoms with van der Waals surface area (Å²) in [6, 6.07) is 9.70. The summed E-state index contributed by atoms with van der Waals surface area (Å²) in [7, 11) is 0. The third kappa shape index (κ3) is 4.08. The molecule has 176 valence electrons. The molecule has 0 amide bonds. The average Bonchev–Trinajstić information content (AvgIpc) is 3.34. The Kier molecular flexibility index (Phi) is 5.46. The van der Waals surface area contributed by atoms with Crippen molar-refractivity contribution in [2.24, 2.45) is 5.92 Å². The minimum Gasteiger partial charge on any atom is -0.711 e. The summed E-state index contributed by atoms with van der Waals surface area (Å²) in [5, 5.41) is 16.6.